The number of rotatable bonds is 2. The van der Waals surface area contributed by atoms with E-state index in [2.05, 4.69) is 24.1 Å². The van der Waals surface area contributed by atoms with E-state index in [1.807, 2.05) is 0 Å². The van der Waals surface area contributed by atoms with Crippen LogP contribution in [0.25, 0.3) is 0 Å². The SMILES string of the molecule is CCCN1C[C@H]2CN[C@H](C)[C@@H](C2)C1. The van der Waals surface area contributed by atoms with Crippen molar-refractivity contribution in [1.29, 1.82) is 0 Å². The van der Waals surface area contributed by atoms with Gasteiger partial charge in [0.15, 0.2) is 0 Å². The quantitative estimate of drug-likeness (QED) is 0.693. The minimum absolute atomic E-state index is 0.746. The van der Waals surface area contributed by atoms with Crippen LogP contribution in [0.15, 0.2) is 0 Å². The highest BCUT2D eigenvalue weighted by Gasteiger charge is 2.33. The summed E-state index contributed by atoms with van der Waals surface area (Å²) in [6.07, 6.45) is 2.77. The lowest BCUT2D eigenvalue weighted by atomic mass is 9.81. The zero-order chi connectivity index (χ0) is 9.26. The lowest BCUT2D eigenvalue weighted by Crippen LogP contribution is -2.55. The van der Waals surface area contributed by atoms with Crippen molar-refractivity contribution in [3.63, 3.8) is 0 Å². The molecule has 2 saturated heterocycles. The monoisotopic (exact) mass is 182 g/mol. The van der Waals surface area contributed by atoms with Crippen LogP contribution in [0.1, 0.15) is 26.7 Å². The zero-order valence-corrected chi connectivity index (χ0v) is 8.92. The Morgan fingerprint density at radius 2 is 2.23 bits per heavy atom. The number of likely N-dealkylation sites (tertiary alicyclic amines) is 1. The van der Waals surface area contributed by atoms with Crippen LogP contribution in [-0.2, 0) is 0 Å². The van der Waals surface area contributed by atoms with Crippen LogP contribution in [0, 0.1) is 11.8 Å². The predicted octanol–water partition coefficient (Wildman–Crippen LogP) is 1.33. The van der Waals surface area contributed by atoms with Gasteiger partial charge < -0.3 is 10.2 Å². The molecule has 2 bridgehead atoms. The Balaban J connectivity index is 1.92. The Kier molecular flexibility index (Phi) is 2.89. The summed E-state index contributed by atoms with van der Waals surface area (Å²) in [5, 5.41) is 3.62. The zero-order valence-electron chi connectivity index (χ0n) is 8.92. The molecule has 0 spiro atoms. The number of nitrogens with one attached hydrogen (secondary N) is 1. The molecule has 0 unspecified atom stereocenters. The highest BCUT2D eigenvalue weighted by atomic mass is 15.2. The van der Waals surface area contributed by atoms with E-state index < -0.39 is 0 Å². The summed E-state index contributed by atoms with van der Waals surface area (Å²) in [6, 6.07) is 0.746. The number of piperidine rings is 2. The van der Waals surface area contributed by atoms with Gasteiger partial charge in [-0.3, -0.25) is 0 Å². The topological polar surface area (TPSA) is 15.3 Å². The van der Waals surface area contributed by atoms with Gasteiger partial charge in [0.1, 0.15) is 0 Å². The molecule has 0 aromatic heterocycles. The molecule has 76 valence electrons. The lowest BCUT2D eigenvalue weighted by Gasteiger charge is -2.45. The van der Waals surface area contributed by atoms with Gasteiger partial charge in [-0.05, 0) is 44.7 Å². The number of fused-ring (bicyclic) bond motifs is 2. The van der Waals surface area contributed by atoms with Gasteiger partial charge >= 0.3 is 0 Å². The summed E-state index contributed by atoms with van der Waals surface area (Å²) in [6.45, 7) is 9.85. The van der Waals surface area contributed by atoms with Crippen molar-refractivity contribution >= 4 is 0 Å². The van der Waals surface area contributed by atoms with Crippen LogP contribution < -0.4 is 5.32 Å². The fourth-order valence-electron chi connectivity index (χ4n) is 2.88. The Hall–Kier alpha value is -0.0800. The average Bonchev–Trinajstić information content (AvgIpc) is 2.13. The van der Waals surface area contributed by atoms with Crippen LogP contribution in [0.5, 0.6) is 0 Å². The van der Waals surface area contributed by atoms with Gasteiger partial charge in [-0.15, -0.1) is 0 Å². The smallest absolute Gasteiger partial charge is 0.00794 e. The van der Waals surface area contributed by atoms with Crippen molar-refractivity contribution in [3.8, 4) is 0 Å². The second-order valence-electron chi connectivity index (χ2n) is 4.82. The van der Waals surface area contributed by atoms with Gasteiger partial charge in [-0.2, -0.15) is 0 Å². The Labute approximate surface area is 81.7 Å². The second-order valence-corrected chi connectivity index (χ2v) is 4.82. The third-order valence-electron chi connectivity index (χ3n) is 3.62. The molecule has 2 heteroatoms. The average molecular weight is 182 g/mol. The maximum atomic E-state index is 3.62. The first kappa shape index (κ1) is 9.47. The Bertz CT molecular complexity index is 169. The molecular formula is C11H22N2. The maximum Gasteiger partial charge on any atom is 0.00794 e. The van der Waals surface area contributed by atoms with Crippen LogP contribution in [0.4, 0.5) is 0 Å². The minimum Gasteiger partial charge on any atom is -0.314 e. The molecule has 1 N–H and O–H groups in total. The molecule has 2 heterocycles. The van der Waals surface area contributed by atoms with E-state index in [0.717, 1.165) is 17.9 Å². The van der Waals surface area contributed by atoms with E-state index in [4.69, 9.17) is 0 Å². The van der Waals surface area contributed by atoms with E-state index in [1.165, 1.54) is 39.0 Å². The van der Waals surface area contributed by atoms with Gasteiger partial charge in [0.25, 0.3) is 0 Å². The van der Waals surface area contributed by atoms with Crippen molar-refractivity contribution in [3.05, 3.63) is 0 Å². The van der Waals surface area contributed by atoms with Gasteiger partial charge in [-0.1, -0.05) is 6.92 Å². The first-order valence-electron chi connectivity index (χ1n) is 5.75. The number of hydrogen-bond donors (Lipinski definition) is 1. The normalized spacial score (nSPS) is 40.6. The molecule has 2 nitrogen and oxygen atoms in total. The molecular weight excluding hydrogens is 160 g/mol. The molecule has 2 fully saturated rings. The highest BCUT2D eigenvalue weighted by Crippen LogP contribution is 2.27. The second kappa shape index (κ2) is 3.97. The summed E-state index contributed by atoms with van der Waals surface area (Å²) >= 11 is 0. The molecule has 0 saturated carbocycles. The third kappa shape index (κ3) is 2.05. The predicted molar refractivity (Wildman–Crippen MR) is 55.8 cm³/mol. The maximum absolute atomic E-state index is 3.62. The van der Waals surface area contributed by atoms with Crippen molar-refractivity contribution < 1.29 is 0 Å². The van der Waals surface area contributed by atoms with Gasteiger partial charge in [-0.25, -0.2) is 0 Å². The summed E-state index contributed by atoms with van der Waals surface area (Å²) in [4.78, 5) is 2.66. The Morgan fingerprint density at radius 3 is 3.00 bits per heavy atom. The molecule has 0 aromatic rings. The fraction of sp³-hybridized carbons (Fsp3) is 1.00. The van der Waals surface area contributed by atoms with E-state index >= 15 is 0 Å². The van der Waals surface area contributed by atoms with E-state index in [9.17, 15) is 0 Å². The Morgan fingerprint density at radius 1 is 1.38 bits per heavy atom. The first-order valence-corrected chi connectivity index (χ1v) is 5.75. The van der Waals surface area contributed by atoms with Gasteiger partial charge in [0.2, 0.25) is 0 Å². The van der Waals surface area contributed by atoms with Crippen LogP contribution in [0.2, 0.25) is 0 Å². The highest BCUT2D eigenvalue weighted by molar-refractivity contribution is 4.89. The van der Waals surface area contributed by atoms with Crippen molar-refractivity contribution in [2.24, 2.45) is 11.8 Å². The van der Waals surface area contributed by atoms with Crippen molar-refractivity contribution in [1.82, 2.24) is 10.2 Å². The lowest BCUT2D eigenvalue weighted by molar-refractivity contribution is 0.0733. The minimum atomic E-state index is 0.746. The van der Waals surface area contributed by atoms with E-state index in [0.29, 0.717) is 0 Å². The molecule has 0 aliphatic carbocycles. The summed E-state index contributed by atoms with van der Waals surface area (Å²) < 4.78 is 0. The number of nitrogens with zero attached hydrogens (tertiary/aromatic N) is 1. The van der Waals surface area contributed by atoms with Crippen LogP contribution >= 0.6 is 0 Å². The van der Waals surface area contributed by atoms with Gasteiger partial charge in [0, 0.05) is 19.1 Å². The molecule has 2 rings (SSSR count). The van der Waals surface area contributed by atoms with E-state index in [1.54, 1.807) is 0 Å². The molecule has 0 aromatic carbocycles. The van der Waals surface area contributed by atoms with Crippen LogP contribution in [0.3, 0.4) is 0 Å². The molecule has 0 radical (unpaired) electrons. The largest absolute Gasteiger partial charge is 0.314 e. The molecule has 2 aliphatic rings. The summed E-state index contributed by atoms with van der Waals surface area (Å²) in [5.41, 5.74) is 0. The summed E-state index contributed by atoms with van der Waals surface area (Å²) in [5.74, 6) is 1.85. The first-order chi connectivity index (χ1) is 6.29. The van der Waals surface area contributed by atoms with E-state index in [-0.39, 0.29) is 0 Å². The summed E-state index contributed by atoms with van der Waals surface area (Å²) in [7, 11) is 0. The van der Waals surface area contributed by atoms with Gasteiger partial charge in [0.05, 0.1) is 0 Å². The van der Waals surface area contributed by atoms with Crippen molar-refractivity contribution in [2.45, 2.75) is 32.7 Å². The molecule has 2 aliphatic heterocycles. The third-order valence-corrected chi connectivity index (χ3v) is 3.62. The fourth-order valence-corrected chi connectivity index (χ4v) is 2.88. The standard InChI is InChI=1S/C11H22N2/c1-3-4-13-7-10-5-11(8-13)9(2)12-6-10/h9-12H,3-8H2,1-2H3/t9-,10-,11+/m1/s1. The number of hydrogen-bond acceptors (Lipinski definition) is 2. The molecule has 13 heavy (non-hydrogen) atoms. The van der Waals surface area contributed by atoms with Crippen LogP contribution in [-0.4, -0.2) is 37.1 Å². The van der Waals surface area contributed by atoms with Crippen molar-refractivity contribution in [2.75, 3.05) is 26.2 Å². The molecule has 3 atom stereocenters. The molecule has 0 amide bonds.